The first-order valence-corrected chi connectivity index (χ1v) is 13.4. The van der Waals surface area contributed by atoms with Crippen molar-refractivity contribution in [2.24, 2.45) is 18.0 Å². The van der Waals surface area contributed by atoms with E-state index in [4.69, 9.17) is 0 Å². The highest BCUT2D eigenvalue weighted by atomic mass is 19.4. The fourth-order valence-electron chi connectivity index (χ4n) is 5.53. The van der Waals surface area contributed by atoms with Gasteiger partial charge in [-0.2, -0.15) is 13.2 Å². The number of amides is 2. The topological polar surface area (TPSA) is 91.9 Å². The van der Waals surface area contributed by atoms with Crippen molar-refractivity contribution in [1.82, 2.24) is 14.5 Å². The molecule has 1 unspecified atom stereocenters. The lowest BCUT2D eigenvalue weighted by Crippen LogP contribution is -2.41. The van der Waals surface area contributed by atoms with Crippen molar-refractivity contribution in [3.05, 3.63) is 82.5 Å². The van der Waals surface area contributed by atoms with Gasteiger partial charge in [-0.05, 0) is 79.5 Å². The van der Waals surface area contributed by atoms with Gasteiger partial charge in [0.25, 0.3) is 5.91 Å². The molecule has 2 amide bonds. The van der Waals surface area contributed by atoms with Gasteiger partial charge in [-0.15, -0.1) is 4.99 Å². The highest BCUT2D eigenvalue weighted by Crippen LogP contribution is 2.42. The molecule has 0 radical (unpaired) electrons. The Morgan fingerprint density at radius 2 is 1.88 bits per heavy atom. The van der Waals surface area contributed by atoms with Crippen LogP contribution in [-0.4, -0.2) is 45.0 Å². The van der Waals surface area contributed by atoms with E-state index >= 15 is 0 Å². The maximum absolute atomic E-state index is 13.9. The number of aryl methyl sites for hydroxylation is 2. The number of anilines is 1. The number of carbonyl (C=O) groups is 2. The predicted octanol–water partition coefficient (Wildman–Crippen LogP) is 5.31. The molecule has 5 rings (SSSR count). The average Bonchev–Trinajstić information content (AvgIpc) is 3.52. The summed E-state index contributed by atoms with van der Waals surface area (Å²) in [7, 11) is 1.63. The van der Waals surface area contributed by atoms with Gasteiger partial charge in [-0.1, -0.05) is 12.1 Å². The summed E-state index contributed by atoms with van der Waals surface area (Å²) < 4.78 is 58.6. The van der Waals surface area contributed by atoms with Crippen LogP contribution in [0.25, 0.3) is 0 Å². The number of nitrogens with one attached hydrogen (secondary N) is 1. The maximum atomic E-state index is 13.9. The van der Waals surface area contributed by atoms with Crippen LogP contribution in [0.5, 0.6) is 0 Å². The van der Waals surface area contributed by atoms with Crippen molar-refractivity contribution in [1.29, 1.82) is 0 Å². The lowest BCUT2D eigenvalue weighted by molar-refractivity contribution is -0.145. The largest absolute Gasteiger partial charge is 0.463 e. The number of halogens is 4. The summed E-state index contributed by atoms with van der Waals surface area (Å²) in [5.41, 5.74) is 2.32. The fraction of sp³-hybridized carbons (Fsp3) is 0.414. The Hall–Kier alpha value is -4.09. The minimum atomic E-state index is -4.44. The second kappa shape index (κ2) is 11.1. The number of aromatic nitrogens is 2. The van der Waals surface area contributed by atoms with Gasteiger partial charge in [0.1, 0.15) is 11.9 Å². The number of hydrogen-bond donors (Lipinski definition) is 2. The summed E-state index contributed by atoms with van der Waals surface area (Å²) in [4.78, 5) is 29.8. The van der Waals surface area contributed by atoms with E-state index in [0.29, 0.717) is 17.5 Å². The Morgan fingerprint density at radius 3 is 2.54 bits per heavy atom. The molecule has 0 spiro atoms. The molecule has 2 fully saturated rings. The monoisotopic (exact) mass is 573 g/mol. The van der Waals surface area contributed by atoms with Crippen LogP contribution >= 0.6 is 0 Å². The van der Waals surface area contributed by atoms with Crippen molar-refractivity contribution in [3.63, 3.8) is 0 Å². The lowest BCUT2D eigenvalue weighted by atomic mass is 9.99. The predicted molar refractivity (Wildman–Crippen MR) is 143 cm³/mol. The number of imidazole rings is 1. The minimum absolute atomic E-state index is 0.0436. The van der Waals surface area contributed by atoms with E-state index in [1.807, 2.05) is 0 Å². The van der Waals surface area contributed by atoms with Gasteiger partial charge in [0.2, 0.25) is 5.62 Å². The Labute approximate surface area is 233 Å². The molecule has 1 aliphatic carbocycles. The van der Waals surface area contributed by atoms with Crippen molar-refractivity contribution in [3.8, 4) is 0 Å². The smallest absolute Gasteiger partial charge is 0.434 e. The first-order valence-electron chi connectivity index (χ1n) is 13.4. The van der Waals surface area contributed by atoms with Crippen LogP contribution in [0.2, 0.25) is 0 Å². The normalized spacial score (nSPS) is 18.5. The number of nitrogens with zero attached hydrogens (tertiary/aromatic N) is 4. The molecule has 2 aliphatic rings. The highest BCUT2D eigenvalue weighted by molar-refractivity contribution is 5.95. The standard InChI is InChI=1S/C29H31F4N5O3/c1-17-12-20(7-8-23(17)30)25(19-5-6-19)34-26(39)21-13-18(16-37-11-10-36(2)27(37)35-28(40)41)14-22(15-21)38-9-3-4-24(38)29(31,32)33/h7-8,10-15,19,24-25H,3-6,9,16H2,1-2H3,(H,34,39)(H,40,41)/t24-,25?/m1/s1. The Morgan fingerprint density at radius 1 is 1.12 bits per heavy atom. The van der Waals surface area contributed by atoms with E-state index in [1.165, 1.54) is 21.6 Å². The van der Waals surface area contributed by atoms with Crippen LogP contribution in [0.15, 0.2) is 53.8 Å². The minimum Gasteiger partial charge on any atom is -0.463 e. The SMILES string of the molecule is Cc1cc(C(NC(=O)c2cc(Cn3ccn(C)c3=NC(=O)O)cc(N3CCC[C@@H]3C(F)(F)F)c2)C2CC2)ccc1F. The third-order valence-electron chi connectivity index (χ3n) is 7.71. The molecule has 8 nitrogen and oxygen atoms in total. The second-order valence-corrected chi connectivity index (χ2v) is 10.8. The number of benzene rings is 2. The zero-order valence-corrected chi connectivity index (χ0v) is 22.7. The zero-order chi connectivity index (χ0) is 29.5. The molecule has 41 heavy (non-hydrogen) atoms. The summed E-state index contributed by atoms with van der Waals surface area (Å²) in [6.07, 6.45) is -0.485. The van der Waals surface area contributed by atoms with Crippen LogP contribution in [-0.2, 0) is 13.6 Å². The molecular formula is C29H31F4N5O3. The van der Waals surface area contributed by atoms with Gasteiger partial charge in [-0.3, -0.25) is 4.79 Å². The molecule has 2 N–H and O–H groups in total. The maximum Gasteiger partial charge on any atom is 0.434 e. The molecule has 1 aliphatic heterocycles. The van der Waals surface area contributed by atoms with Crippen LogP contribution in [0, 0.1) is 18.7 Å². The average molecular weight is 574 g/mol. The van der Waals surface area contributed by atoms with Crippen LogP contribution in [0.3, 0.4) is 0 Å². The van der Waals surface area contributed by atoms with E-state index in [1.54, 1.807) is 55.2 Å². The number of carboxylic acid groups (broad SMARTS) is 1. The molecule has 2 atom stereocenters. The third-order valence-corrected chi connectivity index (χ3v) is 7.71. The van der Waals surface area contributed by atoms with Gasteiger partial charge in [0.05, 0.1) is 12.6 Å². The number of alkyl halides is 3. The van der Waals surface area contributed by atoms with E-state index in [2.05, 4.69) is 10.3 Å². The highest BCUT2D eigenvalue weighted by Gasteiger charge is 2.46. The molecule has 3 aromatic rings. The molecule has 2 aromatic carbocycles. The van der Waals surface area contributed by atoms with E-state index in [9.17, 15) is 32.3 Å². The second-order valence-electron chi connectivity index (χ2n) is 10.8. The van der Waals surface area contributed by atoms with Gasteiger partial charge < -0.3 is 24.5 Å². The molecule has 2 heterocycles. The first kappa shape index (κ1) is 28.4. The summed E-state index contributed by atoms with van der Waals surface area (Å²) in [5, 5.41) is 12.2. The van der Waals surface area contributed by atoms with Crippen LogP contribution in [0.4, 0.5) is 28.0 Å². The van der Waals surface area contributed by atoms with Crippen LogP contribution in [0.1, 0.15) is 58.8 Å². The number of rotatable bonds is 7. The first-order chi connectivity index (χ1) is 19.4. The number of hydrogen-bond acceptors (Lipinski definition) is 3. The van der Waals surface area contributed by atoms with Gasteiger partial charge in [0.15, 0.2) is 0 Å². The molecule has 218 valence electrons. The quantitative estimate of drug-likeness (QED) is 0.375. The molecule has 0 bridgehead atoms. The van der Waals surface area contributed by atoms with E-state index in [-0.39, 0.29) is 54.2 Å². The Balaban J connectivity index is 1.52. The van der Waals surface area contributed by atoms with Crippen molar-refractivity contribution in [2.45, 2.75) is 57.4 Å². The molecular weight excluding hydrogens is 542 g/mol. The van der Waals surface area contributed by atoms with Crippen molar-refractivity contribution >= 4 is 17.7 Å². The van der Waals surface area contributed by atoms with E-state index < -0.39 is 24.2 Å². The van der Waals surface area contributed by atoms with E-state index in [0.717, 1.165) is 18.4 Å². The summed E-state index contributed by atoms with van der Waals surface area (Å²) in [5.74, 6) is -0.618. The zero-order valence-electron chi connectivity index (χ0n) is 22.7. The Bertz CT molecular complexity index is 1540. The summed E-state index contributed by atoms with van der Waals surface area (Å²) >= 11 is 0. The molecule has 12 heteroatoms. The summed E-state index contributed by atoms with van der Waals surface area (Å²) in [6, 6.07) is 7.36. The molecule has 1 saturated heterocycles. The van der Waals surface area contributed by atoms with Gasteiger partial charge >= 0.3 is 12.3 Å². The third kappa shape index (κ3) is 6.31. The lowest BCUT2D eigenvalue weighted by Gasteiger charge is -2.29. The fourth-order valence-corrected chi connectivity index (χ4v) is 5.53. The van der Waals surface area contributed by atoms with Gasteiger partial charge in [0, 0.05) is 37.2 Å². The van der Waals surface area contributed by atoms with Crippen molar-refractivity contribution in [2.75, 3.05) is 11.4 Å². The molecule has 1 saturated carbocycles. The Kier molecular flexibility index (Phi) is 7.67. The van der Waals surface area contributed by atoms with Crippen molar-refractivity contribution < 1.29 is 32.3 Å². The summed E-state index contributed by atoms with van der Waals surface area (Å²) in [6.45, 7) is 1.92. The molecule has 1 aromatic heterocycles. The van der Waals surface area contributed by atoms with Crippen LogP contribution < -0.4 is 15.8 Å². The van der Waals surface area contributed by atoms with Gasteiger partial charge in [-0.25, -0.2) is 9.18 Å². The number of carbonyl (C=O) groups excluding carboxylic acids is 1.